The highest BCUT2D eigenvalue weighted by Gasteiger charge is 2.06. The van der Waals surface area contributed by atoms with Gasteiger partial charge in [-0.2, -0.15) is 4.73 Å². The van der Waals surface area contributed by atoms with Crippen LogP contribution in [-0.2, 0) is 0 Å². The van der Waals surface area contributed by atoms with E-state index in [2.05, 4.69) is 18.7 Å². The lowest BCUT2D eigenvalue weighted by molar-refractivity contribution is 0.197. The third kappa shape index (κ3) is 4.97. The standard InChI is InChI=1S/C18H26ClN3O2/c1-3-21(11-12-23)9-4-5-14(2)20-17-8-10-22(24)18-13-15(19)6-7-16(17)18/h6-8,10,13-14,23-24H,3-5,9,11-12H2,1-2H3. The molecule has 1 unspecified atom stereocenters. The summed E-state index contributed by atoms with van der Waals surface area (Å²) < 4.78 is 1.07. The number of hydrogen-bond acceptors (Lipinski definition) is 4. The Labute approximate surface area is 147 Å². The summed E-state index contributed by atoms with van der Waals surface area (Å²) in [4.78, 5) is 7.03. The van der Waals surface area contributed by atoms with Crippen LogP contribution < -0.4 is 5.36 Å². The van der Waals surface area contributed by atoms with E-state index < -0.39 is 0 Å². The van der Waals surface area contributed by atoms with Crippen molar-refractivity contribution in [3.05, 3.63) is 40.8 Å². The Morgan fingerprint density at radius 3 is 2.79 bits per heavy atom. The van der Waals surface area contributed by atoms with E-state index in [1.54, 1.807) is 12.3 Å². The van der Waals surface area contributed by atoms with Gasteiger partial charge in [-0.1, -0.05) is 18.5 Å². The fourth-order valence-electron chi connectivity index (χ4n) is 2.82. The number of nitrogens with zero attached hydrogens (tertiary/aromatic N) is 3. The van der Waals surface area contributed by atoms with Crippen LogP contribution in [0.5, 0.6) is 0 Å². The van der Waals surface area contributed by atoms with Gasteiger partial charge < -0.3 is 15.2 Å². The molecule has 0 amide bonds. The topological polar surface area (TPSA) is 61.0 Å². The summed E-state index contributed by atoms with van der Waals surface area (Å²) in [7, 11) is 0. The number of likely N-dealkylation sites (N-methyl/N-ethyl adjacent to an activating group) is 1. The zero-order valence-corrected chi connectivity index (χ0v) is 15.1. The molecule has 132 valence electrons. The van der Waals surface area contributed by atoms with Crippen LogP contribution in [-0.4, -0.2) is 52.2 Å². The molecule has 0 radical (unpaired) electrons. The highest BCUT2D eigenvalue weighted by Crippen LogP contribution is 2.16. The van der Waals surface area contributed by atoms with Crippen molar-refractivity contribution in [2.45, 2.75) is 32.7 Å². The zero-order chi connectivity index (χ0) is 17.5. The Hall–Kier alpha value is -1.56. The van der Waals surface area contributed by atoms with Gasteiger partial charge in [0.1, 0.15) is 0 Å². The molecular formula is C18H26ClN3O2. The molecule has 0 aliphatic carbocycles. The quantitative estimate of drug-likeness (QED) is 0.719. The van der Waals surface area contributed by atoms with E-state index in [0.29, 0.717) is 10.5 Å². The van der Waals surface area contributed by atoms with Gasteiger partial charge in [0.15, 0.2) is 0 Å². The number of aliphatic hydroxyl groups is 1. The number of fused-ring (bicyclic) bond motifs is 1. The van der Waals surface area contributed by atoms with Crippen molar-refractivity contribution >= 4 is 22.5 Å². The van der Waals surface area contributed by atoms with E-state index in [-0.39, 0.29) is 12.6 Å². The molecule has 0 aliphatic heterocycles. The van der Waals surface area contributed by atoms with Crippen molar-refractivity contribution in [2.75, 3.05) is 26.2 Å². The Kier molecular flexibility index (Phi) is 7.09. The molecule has 0 aliphatic rings. The molecule has 2 N–H and O–H groups in total. The van der Waals surface area contributed by atoms with Gasteiger partial charge in [0.25, 0.3) is 0 Å². The Balaban J connectivity index is 2.10. The summed E-state index contributed by atoms with van der Waals surface area (Å²) in [5, 5.41) is 21.3. The third-order valence-electron chi connectivity index (χ3n) is 4.18. The van der Waals surface area contributed by atoms with E-state index in [9.17, 15) is 5.21 Å². The number of aliphatic hydroxyl groups excluding tert-OH is 1. The molecule has 1 aromatic heterocycles. The van der Waals surface area contributed by atoms with Crippen molar-refractivity contribution < 1.29 is 10.3 Å². The van der Waals surface area contributed by atoms with Gasteiger partial charge in [-0.3, -0.25) is 4.99 Å². The summed E-state index contributed by atoms with van der Waals surface area (Å²) in [5.41, 5.74) is 0.649. The SMILES string of the molecule is CCN(CCO)CCCC(C)N=c1ccn(O)c2cc(Cl)ccc12. The van der Waals surface area contributed by atoms with Gasteiger partial charge in [0, 0.05) is 29.2 Å². The van der Waals surface area contributed by atoms with Crippen molar-refractivity contribution in [3.8, 4) is 0 Å². The number of pyridine rings is 1. The van der Waals surface area contributed by atoms with Crippen LogP contribution in [0, 0.1) is 0 Å². The molecule has 0 fully saturated rings. The summed E-state index contributed by atoms with van der Waals surface area (Å²) in [5.74, 6) is 0. The summed E-state index contributed by atoms with van der Waals surface area (Å²) in [6, 6.07) is 7.43. The summed E-state index contributed by atoms with van der Waals surface area (Å²) >= 11 is 6.01. The van der Waals surface area contributed by atoms with Crippen LogP contribution in [0.2, 0.25) is 5.02 Å². The first-order valence-corrected chi connectivity index (χ1v) is 8.80. The molecule has 2 rings (SSSR count). The molecule has 0 saturated carbocycles. The lowest BCUT2D eigenvalue weighted by atomic mass is 10.1. The van der Waals surface area contributed by atoms with Crippen LogP contribution >= 0.6 is 11.6 Å². The monoisotopic (exact) mass is 351 g/mol. The predicted octanol–water partition coefficient (Wildman–Crippen LogP) is 2.92. The highest BCUT2D eigenvalue weighted by molar-refractivity contribution is 6.31. The molecule has 1 heterocycles. The predicted molar refractivity (Wildman–Crippen MR) is 97.6 cm³/mol. The van der Waals surface area contributed by atoms with Crippen LogP contribution in [0.4, 0.5) is 0 Å². The van der Waals surface area contributed by atoms with Gasteiger partial charge in [0.05, 0.1) is 17.5 Å². The minimum atomic E-state index is 0.186. The number of rotatable bonds is 8. The normalized spacial score (nSPS) is 13.8. The van der Waals surface area contributed by atoms with Gasteiger partial charge in [-0.05, 0) is 57.1 Å². The average Bonchev–Trinajstić information content (AvgIpc) is 2.57. The number of halogens is 1. The first kappa shape index (κ1) is 18.8. The van der Waals surface area contributed by atoms with Crippen LogP contribution in [0.1, 0.15) is 26.7 Å². The highest BCUT2D eigenvalue weighted by atomic mass is 35.5. The molecule has 6 heteroatoms. The molecular weight excluding hydrogens is 326 g/mol. The molecule has 0 saturated heterocycles. The van der Waals surface area contributed by atoms with Crippen LogP contribution in [0.15, 0.2) is 35.5 Å². The second-order valence-electron chi connectivity index (χ2n) is 5.99. The minimum Gasteiger partial charge on any atom is -0.428 e. The van der Waals surface area contributed by atoms with Gasteiger partial charge in [-0.25, -0.2) is 0 Å². The molecule has 0 spiro atoms. The van der Waals surface area contributed by atoms with Crippen molar-refractivity contribution in [3.63, 3.8) is 0 Å². The van der Waals surface area contributed by atoms with E-state index in [1.165, 1.54) is 0 Å². The molecule has 0 bridgehead atoms. The summed E-state index contributed by atoms with van der Waals surface area (Å²) in [6.07, 6.45) is 3.60. The maximum Gasteiger partial charge on any atom is 0.0901 e. The van der Waals surface area contributed by atoms with E-state index in [0.717, 1.165) is 47.9 Å². The maximum absolute atomic E-state index is 9.92. The number of aromatic nitrogens is 1. The second-order valence-corrected chi connectivity index (χ2v) is 6.42. The van der Waals surface area contributed by atoms with Gasteiger partial charge in [-0.15, -0.1) is 0 Å². The average molecular weight is 352 g/mol. The van der Waals surface area contributed by atoms with Crippen molar-refractivity contribution in [2.24, 2.45) is 4.99 Å². The first-order chi connectivity index (χ1) is 11.5. The zero-order valence-electron chi connectivity index (χ0n) is 14.3. The minimum absolute atomic E-state index is 0.186. The van der Waals surface area contributed by atoms with Crippen molar-refractivity contribution in [1.29, 1.82) is 0 Å². The van der Waals surface area contributed by atoms with Crippen LogP contribution in [0.3, 0.4) is 0 Å². The van der Waals surface area contributed by atoms with E-state index in [4.69, 9.17) is 21.7 Å². The summed E-state index contributed by atoms with van der Waals surface area (Å²) in [6.45, 7) is 7.06. The van der Waals surface area contributed by atoms with Gasteiger partial charge in [0.2, 0.25) is 0 Å². The smallest absolute Gasteiger partial charge is 0.0901 e. The van der Waals surface area contributed by atoms with Crippen LogP contribution in [0.25, 0.3) is 10.9 Å². The first-order valence-electron chi connectivity index (χ1n) is 8.42. The molecule has 5 nitrogen and oxygen atoms in total. The number of hydrogen-bond donors (Lipinski definition) is 2. The lowest BCUT2D eigenvalue weighted by Crippen LogP contribution is -2.28. The second kappa shape index (κ2) is 9.06. The lowest BCUT2D eigenvalue weighted by Gasteiger charge is -2.19. The van der Waals surface area contributed by atoms with Crippen molar-refractivity contribution in [1.82, 2.24) is 9.63 Å². The number of benzene rings is 1. The molecule has 1 atom stereocenters. The Morgan fingerprint density at radius 2 is 2.08 bits per heavy atom. The van der Waals surface area contributed by atoms with Gasteiger partial charge >= 0.3 is 0 Å². The molecule has 1 aromatic carbocycles. The molecule has 2 aromatic rings. The molecule has 24 heavy (non-hydrogen) atoms. The fourth-order valence-corrected chi connectivity index (χ4v) is 2.98. The largest absolute Gasteiger partial charge is 0.428 e. The Bertz CT molecular complexity index is 730. The van der Waals surface area contributed by atoms with E-state index in [1.807, 2.05) is 18.2 Å². The fraction of sp³-hybridized carbons (Fsp3) is 0.500. The maximum atomic E-state index is 9.92. The van der Waals surface area contributed by atoms with E-state index >= 15 is 0 Å². The third-order valence-corrected chi connectivity index (χ3v) is 4.41. The Morgan fingerprint density at radius 1 is 1.29 bits per heavy atom.